The van der Waals surface area contributed by atoms with Crippen molar-refractivity contribution in [2.45, 2.75) is 18.9 Å². The van der Waals surface area contributed by atoms with Crippen LogP contribution in [-0.2, 0) is 4.74 Å². The van der Waals surface area contributed by atoms with Gasteiger partial charge in [-0.2, -0.15) is 0 Å². The number of hydrogen-bond donors (Lipinski definition) is 1. The summed E-state index contributed by atoms with van der Waals surface area (Å²) >= 11 is 0. The smallest absolute Gasteiger partial charge is 0.255 e. The molecule has 1 heterocycles. The Labute approximate surface area is 124 Å². The molecule has 21 heavy (non-hydrogen) atoms. The molecule has 0 bridgehead atoms. The van der Waals surface area contributed by atoms with Crippen LogP contribution in [-0.4, -0.2) is 43.7 Å². The van der Waals surface area contributed by atoms with E-state index in [-0.39, 0.29) is 18.6 Å². The normalized spacial score (nSPS) is 15.5. The molecule has 1 amide bonds. The molecule has 0 atom stereocenters. The van der Waals surface area contributed by atoms with Gasteiger partial charge < -0.3 is 15.4 Å². The van der Waals surface area contributed by atoms with Crippen LogP contribution in [0.15, 0.2) is 18.2 Å². The Morgan fingerprint density at radius 3 is 2.81 bits per heavy atom. The summed E-state index contributed by atoms with van der Waals surface area (Å²) in [5, 5.41) is 0. The van der Waals surface area contributed by atoms with E-state index in [1.54, 1.807) is 12.0 Å². The van der Waals surface area contributed by atoms with Crippen molar-refractivity contribution in [2.24, 2.45) is 5.73 Å². The highest BCUT2D eigenvalue weighted by molar-refractivity contribution is 5.96. The van der Waals surface area contributed by atoms with E-state index in [1.807, 2.05) is 0 Å². The van der Waals surface area contributed by atoms with Gasteiger partial charge in [0.2, 0.25) is 0 Å². The number of benzene rings is 1. The molecule has 0 saturated carbocycles. The van der Waals surface area contributed by atoms with Crippen LogP contribution in [0.5, 0.6) is 0 Å². The van der Waals surface area contributed by atoms with Crippen molar-refractivity contribution < 1.29 is 13.9 Å². The second-order valence-electron chi connectivity index (χ2n) is 4.92. The van der Waals surface area contributed by atoms with Crippen molar-refractivity contribution in [1.29, 1.82) is 0 Å². The molecule has 0 unspecified atom stereocenters. The average Bonchev–Trinajstić information content (AvgIpc) is 2.53. The lowest BCUT2D eigenvalue weighted by Crippen LogP contribution is -2.40. The molecular formula is C16H19FN2O2. The molecule has 1 aliphatic heterocycles. The van der Waals surface area contributed by atoms with Gasteiger partial charge in [0.1, 0.15) is 5.82 Å². The number of amides is 1. The molecule has 112 valence electrons. The Balaban J connectivity index is 2.20. The quantitative estimate of drug-likeness (QED) is 0.837. The van der Waals surface area contributed by atoms with Gasteiger partial charge in [0.05, 0.1) is 18.2 Å². The summed E-state index contributed by atoms with van der Waals surface area (Å²) < 4.78 is 18.7. The lowest BCUT2D eigenvalue weighted by Gasteiger charge is -2.31. The predicted octanol–water partition coefficient (Wildman–Crippen LogP) is 1.39. The van der Waals surface area contributed by atoms with Crippen LogP contribution < -0.4 is 5.73 Å². The van der Waals surface area contributed by atoms with E-state index in [0.717, 1.165) is 12.8 Å². The molecule has 1 aromatic carbocycles. The molecule has 1 fully saturated rings. The molecule has 1 aliphatic rings. The molecule has 2 N–H and O–H groups in total. The van der Waals surface area contributed by atoms with Crippen LogP contribution in [0, 0.1) is 17.7 Å². The molecule has 4 nitrogen and oxygen atoms in total. The molecule has 1 saturated heterocycles. The molecule has 0 aromatic heterocycles. The third-order valence-electron chi connectivity index (χ3n) is 3.60. The van der Waals surface area contributed by atoms with Gasteiger partial charge in [-0.1, -0.05) is 11.8 Å². The number of methoxy groups -OCH3 is 1. The van der Waals surface area contributed by atoms with Gasteiger partial charge in [-0.25, -0.2) is 4.39 Å². The van der Waals surface area contributed by atoms with E-state index in [0.29, 0.717) is 24.2 Å². The standard InChI is InChI=1S/C16H19FN2O2/c1-21-14-6-9-19(10-7-14)16(20)15-11-13(17)5-4-12(15)3-2-8-18/h4-5,11,14H,6-10,18H2,1H3. The second-order valence-corrected chi connectivity index (χ2v) is 4.92. The highest BCUT2D eigenvalue weighted by Crippen LogP contribution is 2.18. The summed E-state index contributed by atoms with van der Waals surface area (Å²) in [6.07, 6.45) is 1.78. The third-order valence-corrected chi connectivity index (χ3v) is 3.60. The Morgan fingerprint density at radius 1 is 1.48 bits per heavy atom. The van der Waals surface area contributed by atoms with Gasteiger partial charge in [0.15, 0.2) is 0 Å². The van der Waals surface area contributed by atoms with Crippen molar-refractivity contribution in [1.82, 2.24) is 4.90 Å². The number of carbonyl (C=O) groups is 1. The first-order valence-electron chi connectivity index (χ1n) is 6.96. The van der Waals surface area contributed by atoms with E-state index < -0.39 is 5.82 Å². The summed E-state index contributed by atoms with van der Waals surface area (Å²) in [5.74, 6) is 4.90. The van der Waals surface area contributed by atoms with Crippen molar-refractivity contribution >= 4 is 5.91 Å². The van der Waals surface area contributed by atoms with Gasteiger partial charge >= 0.3 is 0 Å². The average molecular weight is 290 g/mol. The first-order chi connectivity index (χ1) is 10.2. The van der Waals surface area contributed by atoms with Gasteiger partial charge in [0, 0.05) is 25.8 Å². The number of nitrogens with zero attached hydrogens (tertiary/aromatic N) is 1. The second kappa shape index (κ2) is 7.21. The van der Waals surface area contributed by atoms with Crippen LogP contribution >= 0.6 is 0 Å². The topological polar surface area (TPSA) is 55.6 Å². The SMILES string of the molecule is COC1CCN(C(=O)c2cc(F)ccc2C#CCN)CC1. The monoisotopic (exact) mass is 290 g/mol. The first-order valence-corrected chi connectivity index (χ1v) is 6.96. The van der Waals surface area contributed by atoms with Crippen LogP contribution in [0.1, 0.15) is 28.8 Å². The van der Waals surface area contributed by atoms with Crippen LogP contribution in [0.25, 0.3) is 0 Å². The largest absolute Gasteiger partial charge is 0.381 e. The lowest BCUT2D eigenvalue weighted by molar-refractivity contribution is 0.0350. The van der Waals surface area contributed by atoms with Crippen molar-refractivity contribution in [3.63, 3.8) is 0 Å². The van der Waals surface area contributed by atoms with Gasteiger partial charge in [-0.3, -0.25) is 4.79 Å². The van der Waals surface area contributed by atoms with Crippen LogP contribution in [0.3, 0.4) is 0 Å². The third kappa shape index (κ3) is 3.81. The summed E-state index contributed by atoms with van der Waals surface area (Å²) in [7, 11) is 1.68. The fourth-order valence-corrected chi connectivity index (χ4v) is 2.41. The van der Waals surface area contributed by atoms with Crippen molar-refractivity contribution in [2.75, 3.05) is 26.7 Å². The number of likely N-dealkylation sites (tertiary alicyclic amines) is 1. The maximum atomic E-state index is 13.4. The summed E-state index contributed by atoms with van der Waals surface area (Å²) in [6.45, 7) is 1.42. The number of hydrogen-bond acceptors (Lipinski definition) is 3. The van der Waals surface area contributed by atoms with Crippen LogP contribution in [0.4, 0.5) is 4.39 Å². The molecule has 5 heteroatoms. The number of nitrogens with two attached hydrogens (primary N) is 1. The minimum atomic E-state index is -0.441. The van der Waals surface area contributed by atoms with E-state index in [2.05, 4.69) is 11.8 Å². The maximum absolute atomic E-state index is 13.4. The molecule has 2 rings (SSSR count). The summed E-state index contributed by atoms with van der Waals surface area (Å²) in [6, 6.07) is 4.06. The van der Waals surface area contributed by atoms with E-state index in [1.165, 1.54) is 18.2 Å². The Kier molecular flexibility index (Phi) is 5.32. The number of halogens is 1. The minimum absolute atomic E-state index is 0.189. The number of rotatable bonds is 2. The zero-order valence-corrected chi connectivity index (χ0v) is 12.1. The van der Waals surface area contributed by atoms with Crippen LogP contribution in [0.2, 0.25) is 0 Å². The fraction of sp³-hybridized carbons (Fsp3) is 0.438. The number of piperidine rings is 1. The first kappa shape index (κ1) is 15.5. The van der Waals surface area contributed by atoms with Gasteiger partial charge in [-0.15, -0.1) is 0 Å². The highest BCUT2D eigenvalue weighted by atomic mass is 19.1. The Morgan fingerprint density at radius 2 is 2.19 bits per heavy atom. The van der Waals surface area contributed by atoms with Gasteiger partial charge in [-0.05, 0) is 31.0 Å². The van der Waals surface area contributed by atoms with E-state index in [9.17, 15) is 9.18 Å². The zero-order chi connectivity index (χ0) is 15.2. The Bertz CT molecular complexity index is 569. The molecule has 0 radical (unpaired) electrons. The lowest BCUT2D eigenvalue weighted by atomic mass is 10.0. The number of carbonyl (C=O) groups excluding carboxylic acids is 1. The predicted molar refractivity (Wildman–Crippen MR) is 78.3 cm³/mol. The van der Waals surface area contributed by atoms with Crippen molar-refractivity contribution in [3.8, 4) is 11.8 Å². The summed E-state index contributed by atoms with van der Waals surface area (Å²) in [4.78, 5) is 14.3. The molecule has 0 aliphatic carbocycles. The molecule has 0 spiro atoms. The van der Waals surface area contributed by atoms with Gasteiger partial charge in [0.25, 0.3) is 5.91 Å². The number of ether oxygens (including phenoxy) is 1. The maximum Gasteiger partial charge on any atom is 0.255 e. The van der Waals surface area contributed by atoms with E-state index in [4.69, 9.17) is 10.5 Å². The zero-order valence-electron chi connectivity index (χ0n) is 12.1. The Hall–Kier alpha value is -1.90. The molecular weight excluding hydrogens is 271 g/mol. The molecule has 1 aromatic rings. The summed E-state index contributed by atoms with van der Waals surface area (Å²) in [5.41, 5.74) is 6.16. The fourth-order valence-electron chi connectivity index (χ4n) is 2.41. The minimum Gasteiger partial charge on any atom is -0.381 e. The highest BCUT2D eigenvalue weighted by Gasteiger charge is 2.24. The van der Waals surface area contributed by atoms with Crippen molar-refractivity contribution in [3.05, 3.63) is 35.1 Å². The van der Waals surface area contributed by atoms with E-state index >= 15 is 0 Å².